The number of nitrogens with zero attached hydrogens (tertiary/aromatic N) is 2. The normalized spacial score (nSPS) is 13.7. The van der Waals surface area contributed by atoms with Crippen molar-refractivity contribution in [2.24, 2.45) is 4.99 Å². The number of thiazole rings is 1. The zero-order valence-corrected chi connectivity index (χ0v) is 12.9. The molecular weight excluding hydrogens is 304 g/mol. The molecule has 0 radical (unpaired) electrons. The molecule has 0 saturated carbocycles. The third kappa shape index (κ3) is 3.02. The number of rotatable bonds is 4. The summed E-state index contributed by atoms with van der Waals surface area (Å²) in [5, 5.41) is 9.63. The van der Waals surface area contributed by atoms with E-state index in [0.717, 1.165) is 16.0 Å². The summed E-state index contributed by atoms with van der Waals surface area (Å²) in [6, 6.07) is 18.3. The first-order valence-electron chi connectivity index (χ1n) is 6.70. The summed E-state index contributed by atoms with van der Waals surface area (Å²) in [5.41, 5.74) is 2.18. The van der Waals surface area contributed by atoms with Gasteiger partial charge in [-0.25, -0.2) is 0 Å². The first-order chi connectivity index (χ1) is 10.3. The van der Waals surface area contributed by atoms with E-state index < -0.39 is 6.10 Å². The number of aromatic nitrogens is 1. The average molecular weight is 319 g/mol. The molecule has 1 N–H and O–H groups in total. The Morgan fingerprint density at radius 3 is 2.57 bits per heavy atom. The molecule has 0 spiro atoms. The predicted octanol–water partition coefficient (Wildman–Crippen LogP) is 3.19. The van der Waals surface area contributed by atoms with Gasteiger partial charge in [-0.1, -0.05) is 41.7 Å². The van der Waals surface area contributed by atoms with Gasteiger partial charge in [0, 0.05) is 5.69 Å². The lowest BCUT2D eigenvalue weighted by atomic mass is 10.3. The van der Waals surface area contributed by atoms with Crippen LogP contribution in [0.15, 0.2) is 59.6 Å². The SMILES string of the molecule is OC(CCl)CN=c1sc2ccccc2n1-c1ccccc1. The highest BCUT2D eigenvalue weighted by atomic mass is 35.5. The second kappa shape index (κ2) is 6.43. The third-order valence-electron chi connectivity index (χ3n) is 3.13. The van der Waals surface area contributed by atoms with E-state index in [-0.39, 0.29) is 5.88 Å². The molecule has 0 aliphatic carbocycles. The van der Waals surface area contributed by atoms with Crippen LogP contribution in [0, 0.1) is 0 Å². The maximum atomic E-state index is 9.63. The summed E-state index contributed by atoms with van der Waals surface area (Å²) < 4.78 is 3.28. The van der Waals surface area contributed by atoms with E-state index in [1.165, 1.54) is 4.70 Å². The fourth-order valence-corrected chi connectivity index (χ4v) is 3.28. The molecule has 3 nitrogen and oxygen atoms in total. The summed E-state index contributed by atoms with van der Waals surface area (Å²) in [7, 11) is 0. The van der Waals surface area contributed by atoms with E-state index in [0.29, 0.717) is 6.54 Å². The lowest BCUT2D eigenvalue weighted by molar-refractivity contribution is 0.206. The molecule has 5 heteroatoms. The van der Waals surface area contributed by atoms with Crippen molar-refractivity contribution in [3.63, 3.8) is 0 Å². The number of hydrogen-bond donors (Lipinski definition) is 1. The third-order valence-corrected chi connectivity index (χ3v) is 4.54. The van der Waals surface area contributed by atoms with Gasteiger partial charge in [0.1, 0.15) is 0 Å². The molecule has 0 bridgehead atoms. The molecule has 1 heterocycles. The standard InChI is InChI=1S/C16H15ClN2OS/c17-10-13(20)11-18-16-19(12-6-2-1-3-7-12)14-8-4-5-9-15(14)21-16/h1-9,13,20H,10-11H2. The van der Waals surface area contributed by atoms with Gasteiger partial charge in [0.05, 0.1) is 28.7 Å². The Labute approximate surface area is 131 Å². The molecule has 1 aromatic heterocycles. The van der Waals surface area contributed by atoms with Crippen LogP contribution in [0.3, 0.4) is 0 Å². The van der Waals surface area contributed by atoms with Crippen LogP contribution in [0.25, 0.3) is 15.9 Å². The molecule has 3 aromatic rings. The fraction of sp³-hybridized carbons (Fsp3) is 0.188. The van der Waals surface area contributed by atoms with E-state index in [4.69, 9.17) is 11.6 Å². The van der Waals surface area contributed by atoms with Crippen molar-refractivity contribution < 1.29 is 5.11 Å². The van der Waals surface area contributed by atoms with Gasteiger partial charge in [0.2, 0.25) is 0 Å². The Balaban J connectivity index is 2.20. The summed E-state index contributed by atoms with van der Waals surface area (Å²) in [5.74, 6) is 0.194. The monoisotopic (exact) mass is 318 g/mol. The lowest BCUT2D eigenvalue weighted by Crippen LogP contribution is -2.18. The van der Waals surface area contributed by atoms with Crippen molar-refractivity contribution >= 4 is 33.2 Å². The zero-order chi connectivity index (χ0) is 14.7. The van der Waals surface area contributed by atoms with Crippen molar-refractivity contribution in [1.82, 2.24) is 4.57 Å². The van der Waals surface area contributed by atoms with E-state index in [2.05, 4.69) is 33.8 Å². The van der Waals surface area contributed by atoms with E-state index in [1.807, 2.05) is 30.3 Å². The van der Waals surface area contributed by atoms with Gasteiger partial charge in [-0.15, -0.1) is 11.6 Å². The predicted molar refractivity (Wildman–Crippen MR) is 88.3 cm³/mol. The molecule has 0 amide bonds. The molecule has 21 heavy (non-hydrogen) atoms. The molecule has 0 saturated heterocycles. The van der Waals surface area contributed by atoms with Crippen LogP contribution in [-0.4, -0.2) is 28.2 Å². The number of alkyl halides is 1. The largest absolute Gasteiger partial charge is 0.390 e. The number of benzene rings is 2. The van der Waals surface area contributed by atoms with Crippen molar-refractivity contribution in [1.29, 1.82) is 0 Å². The topological polar surface area (TPSA) is 37.5 Å². The molecule has 0 aliphatic heterocycles. The molecule has 1 unspecified atom stereocenters. The van der Waals surface area contributed by atoms with Crippen molar-refractivity contribution in [3.05, 3.63) is 59.4 Å². The average Bonchev–Trinajstić information content (AvgIpc) is 2.91. The molecular formula is C16H15ClN2OS. The maximum absolute atomic E-state index is 9.63. The minimum atomic E-state index is -0.610. The first kappa shape index (κ1) is 14.3. The second-order valence-corrected chi connectivity index (χ2v) is 5.99. The molecule has 108 valence electrons. The van der Waals surface area contributed by atoms with E-state index in [1.54, 1.807) is 11.3 Å². The smallest absolute Gasteiger partial charge is 0.190 e. The van der Waals surface area contributed by atoms with Crippen LogP contribution >= 0.6 is 22.9 Å². The molecule has 2 aromatic carbocycles. The molecule has 3 rings (SSSR count). The Hall–Kier alpha value is -1.62. The van der Waals surface area contributed by atoms with E-state index in [9.17, 15) is 5.11 Å². The van der Waals surface area contributed by atoms with Gasteiger partial charge in [-0.05, 0) is 24.3 Å². The van der Waals surface area contributed by atoms with Gasteiger partial charge >= 0.3 is 0 Å². The van der Waals surface area contributed by atoms with Gasteiger partial charge in [-0.2, -0.15) is 0 Å². The van der Waals surface area contributed by atoms with Crippen LogP contribution in [0.2, 0.25) is 0 Å². The van der Waals surface area contributed by atoms with Gasteiger partial charge < -0.3 is 5.11 Å². The van der Waals surface area contributed by atoms with Crippen LogP contribution in [0.4, 0.5) is 0 Å². The highest BCUT2D eigenvalue weighted by Gasteiger charge is 2.08. The number of aliphatic hydroxyl groups excluding tert-OH is 1. The molecule has 0 aliphatic rings. The van der Waals surface area contributed by atoms with Crippen molar-refractivity contribution in [3.8, 4) is 5.69 Å². The summed E-state index contributed by atoms with van der Waals surface area (Å²) in [4.78, 5) is 5.40. The van der Waals surface area contributed by atoms with E-state index >= 15 is 0 Å². The maximum Gasteiger partial charge on any atom is 0.190 e. The van der Waals surface area contributed by atoms with Crippen LogP contribution in [0.1, 0.15) is 0 Å². The minimum absolute atomic E-state index is 0.194. The van der Waals surface area contributed by atoms with Gasteiger partial charge in [0.25, 0.3) is 0 Å². The van der Waals surface area contributed by atoms with Crippen LogP contribution < -0.4 is 4.80 Å². The summed E-state index contributed by atoms with van der Waals surface area (Å²) in [6.45, 7) is 0.309. The number of aliphatic hydroxyl groups is 1. The first-order valence-corrected chi connectivity index (χ1v) is 8.05. The van der Waals surface area contributed by atoms with Gasteiger partial charge in [-0.3, -0.25) is 9.56 Å². The Bertz CT molecular complexity index is 795. The highest BCUT2D eigenvalue weighted by Crippen LogP contribution is 2.20. The molecule has 1 atom stereocenters. The lowest BCUT2D eigenvalue weighted by Gasteiger charge is -2.05. The van der Waals surface area contributed by atoms with Crippen LogP contribution in [0.5, 0.6) is 0 Å². The number of para-hydroxylation sites is 2. The Kier molecular flexibility index (Phi) is 4.39. The minimum Gasteiger partial charge on any atom is -0.390 e. The van der Waals surface area contributed by atoms with Crippen molar-refractivity contribution in [2.75, 3.05) is 12.4 Å². The zero-order valence-electron chi connectivity index (χ0n) is 11.3. The van der Waals surface area contributed by atoms with Crippen LogP contribution in [-0.2, 0) is 0 Å². The summed E-state index contributed by atoms with van der Waals surface area (Å²) in [6.07, 6.45) is -0.610. The number of hydrogen-bond acceptors (Lipinski definition) is 3. The Morgan fingerprint density at radius 1 is 1.10 bits per heavy atom. The Morgan fingerprint density at radius 2 is 1.81 bits per heavy atom. The van der Waals surface area contributed by atoms with Gasteiger partial charge in [0.15, 0.2) is 4.80 Å². The molecule has 0 fully saturated rings. The summed E-state index contributed by atoms with van der Waals surface area (Å²) >= 11 is 7.25. The number of halogens is 1. The number of fused-ring (bicyclic) bond motifs is 1. The second-order valence-electron chi connectivity index (χ2n) is 4.67. The quantitative estimate of drug-likeness (QED) is 0.737. The fourth-order valence-electron chi connectivity index (χ4n) is 2.14. The van der Waals surface area contributed by atoms with Crippen molar-refractivity contribution in [2.45, 2.75) is 6.10 Å². The highest BCUT2D eigenvalue weighted by molar-refractivity contribution is 7.16.